The van der Waals surface area contributed by atoms with E-state index in [9.17, 15) is 23.3 Å². The van der Waals surface area contributed by atoms with Crippen LogP contribution in [-0.4, -0.2) is 28.7 Å². The Morgan fingerprint density at radius 1 is 1.38 bits per heavy atom. The van der Waals surface area contributed by atoms with Gasteiger partial charge in [0.1, 0.15) is 11.6 Å². The molecule has 1 aromatic rings. The molecule has 0 aliphatic rings. The molecule has 6 nitrogen and oxygen atoms in total. The van der Waals surface area contributed by atoms with E-state index in [0.717, 1.165) is 12.5 Å². The fourth-order valence-electron chi connectivity index (χ4n) is 1.69. The third-order valence-electron chi connectivity index (χ3n) is 2.51. The molecule has 0 aliphatic carbocycles. The Bertz CT molecular complexity index is 494. The van der Waals surface area contributed by atoms with Crippen LogP contribution in [0.3, 0.4) is 0 Å². The van der Waals surface area contributed by atoms with Gasteiger partial charge in [0, 0.05) is 12.6 Å². The average Bonchev–Trinajstić information content (AvgIpc) is 2.33. The molecule has 0 spiro atoms. The summed E-state index contributed by atoms with van der Waals surface area (Å²) in [5.74, 6) is 0.298. The number of pyridine rings is 1. The number of halogens is 3. The highest BCUT2D eigenvalue weighted by Crippen LogP contribution is 2.25. The van der Waals surface area contributed by atoms with Gasteiger partial charge in [0.25, 0.3) is 5.69 Å². The lowest BCUT2D eigenvalue weighted by Crippen LogP contribution is -2.24. The van der Waals surface area contributed by atoms with Gasteiger partial charge in [0.05, 0.1) is 23.5 Å². The van der Waals surface area contributed by atoms with Crippen molar-refractivity contribution in [2.75, 3.05) is 17.2 Å². The van der Waals surface area contributed by atoms with E-state index in [-0.39, 0.29) is 17.3 Å². The predicted octanol–water partition coefficient (Wildman–Crippen LogP) is 3.56. The molecule has 0 saturated carbocycles. The maximum atomic E-state index is 12.3. The second kappa shape index (κ2) is 7.09. The summed E-state index contributed by atoms with van der Waals surface area (Å²) in [6, 6.07) is 1.43. The molecule has 21 heavy (non-hydrogen) atoms. The third-order valence-corrected chi connectivity index (χ3v) is 2.51. The van der Waals surface area contributed by atoms with Crippen LogP contribution in [0.25, 0.3) is 0 Å². The number of hydrogen-bond acceptors (Lipinski definition) is 5. The maximum Gasteiger partial charge on any atom is 0.391 e. The summed E-state index contributed by atoms with van der Waals surface area (Å²) in [4.78, 5) is 14.3. The van der Waals surface area contributed by atoms with Crippen LogP contribution < -0.4 is 10.6 Å². The summed E-state index contributed by atoms with van der Waals surface area (Å²) in [5.41, 5.74) is -0.231. The minimum atomic E-state index is -4.31. The standard InChI is InChI=1S/C12H17F3N4O2/c1-3-4-16-10-5-9(19(20)21)6-11(18-10)17-8(2)7-12(13,14)15/h5-6,8H,3-4,7H2,1-2H3,(H2,16,17,18). The van der Waals surface area contributed by atoms with E-state index in [1.54, 1.807) is 0 Å². The zero-order valence-electron chi connectivity index (χ0n) is 11.7. The number of hydrogen-bond donors (Lipinski definition) is 2. The molecule has 0 saturated heterocycles. The molecule has 9 heteroatoms. The van der Waals surface area contributed by atoms with Crippen molar-refractivity contribution in [3.05, 3.63) is 22.2 Å². The Labute approximate surface area is 119 Å². The van der Waals surface area contributed by atoms with E-state index >= 15 is 0 Å². The molecule has 118 valence electrons. The quantitative estimate of drug-likeness (QED) is 0.594. The molecule has 1 aromatic heterocycles. The predicted molar refractivity (Wildman–Crippen MR) is 73.4 cm³/mol. The van der Waals surface area contributed by atoms with Gasteiger partial charge in [-0.15, -0.1) is 0 Å². The molecule has 1 unspecified atom stereocenters. The highest BCUT2D eigenvalue weighted by atomic mass is 19.4. The molecule has 1 heterocycles. The number of nitrogens with zero attached hydrogens (tertiary/aromatic N) is 2. The van der Waals surface area contributed by atoms with Gasteiger partial charge in [-0.2, -0.15) is 13.2 Å². The minimum Gasteiger partial charge on any atom is -0.370 e. The van der Waals surface area contributed by atoms with Crippen LogP contribution in [-0.2, 0) is 0 Å². The molecule has 0 fully saturated rings. The zero-order chi connectivity index (χ0) is 16.0. The molecule has 0 bridgehead atoms. The highest BCUT2D eigenvalue weighted by Gasteiger charge is 2.30. The van der Waals surface area contributed by atoms with Gasteiger partial charge in [-0.05, 0) is 13.3 Å². The molecule has 0 aliphatic heterocycles. The maximum absolute atomic E-state index is 12.3. The van der Waals surface area contributed by atoms with Crippen LogP contribution in [0, 0.1) is 10.1 Å². The largest absolute Gasteiger partial charge is 0.391 e. The topological polar surface area (TPSA) is 80.1 Å². The molecule has 0 radical (unpaired) electrons. The first-order valence-electron chi connectivity index (χ1n) is 6.45. The smallest absolute Gasteiger partial charge is 0.370 e. The van der Waals surface area contributed by atoms with Crippen LogP contribution >= 0.6 is 0 Å². The van der Waals surface area contributed by atoms with Crippen molar-refractivity contribution in [3.8, 4) is 0 Å². The number of alkyl halides is 3. The van der Waals surface area contributed by atoms with Crippen molar-refractivity contribution < 1.29 is 18.1 Å². The van der Waals surface area contributed by atoms with Crippen molar-refractivity contribution in [2.24, 2.45) is 0 Å². The second-order valence-corrected chi connectivity index (χ2v) is 4.64. The normalized spacial score (nSPS) is 12.8. The number of anilines is 2. The fourth-order valence-corrected chi connectivity index (χ4v) is 1.69. The number of rotatable bonds is 7. The fraction of sp³-hybridized carbons (Fsp3) is 0.583. The molecule has 2 N–H and O–H groups in total. The van der Waals surface area contributed by atoms with Crippen LogP contribution in [0.1, 0.15) is 26.7 Å². The van der Waals surface area contributed by atoms with Gasteiger partial charge in [-0.25, -0.2) is 4.98 Å². The van der Waals surface area contributed by atoms with Crippen molar-refractivity contribution in [3.63, 3.8) is 0 Å². The monoisotopic (exact) mass is 306 g/mol. The van der Waals surface area contributed by atoms with Crippen LogP contribution in [0.5, 0.6) is 0 Å². The van der Waals surface area contributed by atoms with E-state index in [4.69, 9.17) is 0 Å². The van der Waals surface area contributed by atoms with Crippen molar-refractivity contribution in [1.82, 2.24) is 4.98 Å². The lowest BCUT2D eigenvalue weighted by molar-refractivity contribution is -0.384. The first-order chi connectivity index (χ1) is 9.71. The van der Waals surface area contributed by atoms with Gasteiger partial charge < -0.3 is 10.6 Å². The van der Waals surface area contributed by atoms with Crippen molar-refractivity contribution in [2.45, 2.75) is 38.9 Å². The van der Waals surface area contributed by atoms with Crippen molar-refractivity contribution in [1.29, 1.82) is 0 Å². The minimum absolute atomic E-state index is 0.0413. The summed E-state index contributed by atoms with van der Waals surface area (Å²) in [6.45, 7) is 3.81. The number of aromatic nitrogens is 1. The van der Waals surface area contributed by atoms with E-state index in [1.165, 1.54) is 13.0 Å². The lowest BCUT2D eigenvalue weighted by Gasteiger charge is -2.17. The van der Waals surface area contributed by atoms with Crippen LogP contribution in [0.15, 0.2) is 12.1 Å². The summed E-state index contributed by atoms with van der Waals surface area (Å²) < 4.78 is 36.8. The summed E-state index contributed by atoms with van der Waals surface area (Å²) >= 11 is 0. The van der Waals surface area contributed by atoms with E-state index in [0.29, 0.717) is 6.54 Å². The molecular weight excluding hydrogens is 289 g/mol. The molecule has 1 rings (SSSR count). The van der Waals surface area contributed by atoms with Gasteiger partial charge in [-0.1, -0.05) is 6.92 Å². The summed E-state index contributed by atoms with van der Waals surface area (Å²) in [5, 5.41) is 16.2. The lowest BCUT2D eigenvalue weighted by atomic mass is 10.2. The van der Waals surface area contributed by atoms with Gasteiger partial charge in [0.2, 0.25) is 0 Å². The van der Waals surface area contributed by atoms with Gasteiger partial charge in [-0.3, -0.25) is 10.1 Å². The highest BCUT2D eigenvalue weighted by molar-refractivity contribution is 5.55. The van der Waals surface area contributed by atoms with E-state index in [2.05, 4.69) is 15.6 Å². The first kappa shape index (κ1) is 17.0. The Hall–Kier alpha value is -2.06. The van der Waals surface area contributed by atoms with Crippen LogP contribution in [0.2, 0.25) is 0 Å². The van der Waals surface area contributed by atoms with Crippen molar-refractivity contribution >= 4 is 17.3 Å². The van der Waals surface area contributed by atoms with E-state index in [1.807, 2.05) is 6.92 Å². The average molecular weight is 306 g/mol. The summed E-state index contributed by atoms with van der Waals surface area (Å²) in [7, 11) is 0. The van der Waals surface area contributed by atoms with Gasteiger partial charge in [0.15, 0.2) is 0 Å². The van der Waals surface area contributed by atoms with Crippen LogP contribution in [0.4, 0.5) is 30.5 Å². The first-order valence-corrected chi connectivity index (χ1v) is 6.45. The Kier molecular flexibility index (Phi) is 5.74. The summed E-state index contributed by atoms with van der Waals surface area (Å²) in [6.07, 6.45) is -4.57. The third kappa shape index (κ3) is 6.28. The SMILES string of the molecule is CCCNc1cc([N+](=O)[O-])cc(NC(C)CC(F)(F)F)n1. The van der Waals surface area contributed by atoms with Gasteiger partial charge >= 0.3 is 6.18 Å². The molecule has 0 aromatic carbocycles. The Morgan fingerprint density at radius 3 is 2.52 bits per heavy atom. The van der Waals surface area contributed by atoms with E-state index < -0.39 is 23.6 Å². The molecular formula is C12H17F3N4O2. The Morgan fingerprint density at radius 2 is 2.00 bits per heavy atom. The number of nitro groups is 1. The molecule has 0 amide bonds. The number of nitrogens with one attached hydrogen (secondary N) is 2. The Balaban J connectivity index is 2.89. The molecule has 1 atom stereocenters. The second-order valence-electron chi connectivity index (χ2n) is 4.64. The zero-order valence-corrected chi connectivity index (χ0v) is 11.7.